The molecular weight excluding hydrogens is 158 g/mol. The topological polar surface area (TPSA) is 38.8 Å². The third-order valence-corrected chi connectivity index (χ3v) is 2.07. The predicted molar refractivity (Wildman–Crippen MR) is 43.6 cm³/mol. The van der Waals surface area contributed by atoms with E-state index in [0.29, 0.717) is 13.0 Å². The van der Waals surface area contributed by atoms with Gasteiger partial charge < -0.3 is 14.4 Å². The zero-order chi connectivity index (χ0) is 8.97. The summed E-state index contributed by atoms with van der Waals surface area (Å²) in [7, 11) is 3.16. The van der Waals surface area contributed by atoms with Crippen LogP contribution in [0.3, 0.4) is 0 Å². The summed E-state index contributed by atoms with van der Waals surface area (Å²) in [6, 6.07) is 0. The van der Waals surface area contributed by atoms with E-state index in [4.69, 9.17) is 9.47 Å². The SMILES string of the molecule is COC(CN1CCCC1=O)OC. The molecule has 1 amide bonds. The van der Waals surface area contributed by atoms with Gasteiger partial charge in [0.05, 0.1) is 6.54 Å². The lowest BCUT2D eigenvalue weighted by molar-refractivity contribution is -0.141. The van der Waals surface area contributed by atoms with Crippen molar-refractivity contribution in [3.8, 4) is 0 Å². The van der Waals surface area contributed by atoms with E-state index in [1.54, 1.807) is 19.1 Å². The molecule has 1 fully saturated rings. The second-order valence-electron chi connectivity index (χ2n) is 2.84. The highest BCUT2D eigenvalue weighted by molar-refractivity contribution is 5.78. The van der Waals surface area contributed by atoms with E-state index in [2.05, 4.69) is 0 Å². The number of nitrogens with zero attached hydrogens (tertiary/aromatic N) is 1. The molecule has 1 saturated heterocycles. The zero-order valence-electron chi connectivity index (χ0n) is 7.58. The monoisotopic (exact) mass is 173 g/mol. The lowest BCUT2D eigenvalue weighted by Gasteiger charge is -2.21. The Labute approximate surface area is 72.4 Å². The molecule has 4 nitrogen and oxygen atoms in total. The molecule has 1 rings (SSSR count). The van der Waals surface area contributed by atoms with Crippen LogP contribution < -0.4 is 0 Å². The first kappa shape index (κ1) is 9.48. The molecule has 1 heterocycles. The number of rotatable bonds is 4. The summed E-state index contributed by atoms with van der Waals surface area (Å²) in [6.07, 6.45) is 1.34. The third-order valence-electron chi connectivity index (χ3n) is 2.07. The molecule has 0 N–H and O–H groups in total. The van der Waals surface area contributed by atoms with Crippen molar-refractivity contribution in [3.05, 3.63) is 0 Å². The van der Waals surface area contributed by atoms with Crippen molar-refractivity contribution in [1.29, 1.82) is 0 Å². The highest BCUT2D eigenvalue weighted by Crippen LogP contribution is 2.10. The maximum atomic E-state index is 11.2. The standard InChI is InChI=1S/C8H15NO3/c1-11-8(12-2)6-9-5-3-4-7(9)10/h8H,3-6H2,1-2H3. The van der Waals surface area contributed by atoms with Gasteiger partial charge in [0.25, 0.3) is 0 Å². The molecule has 0 bridgehead atoms. The van der Waals surface area contributed by atoms with Crippen LogP contribution in [0.1, 0.15) is 12.8 Å². The minimum absolute atomic E-state index is 0.203. The van der Waals surface area contributed by atoms with Gasteiger partial charge in [-0.2, -0.15) is 0 Å². The number of carbonyl (C=O) groups excluding carboxylic acids is 1. The molecular formula is C8H15NO3. The van der Waals surface area contributed by atoms with Crippen molar-refractivity contribution in [2.75, 3.05) is 27.3 Å². The lowest BCUT2D eigenvalue weighted by Crippen LogP contribution is -2.35. The van der Waals surface area contributed by atoms with Crippen LogP contribution in [0.25, 0.3) is 0 Å². The minimum Gasteiger partial charge on any atom is -0.354 e. The fourth-order valence-electron chi connectivity index (χ4n) is 1.32. The van der Waals surface area contributed by atoms with Gasteiger partial charge in [0.2, 0.25) is 5.91 Å². The molecule has 1 aliphatic rings. The normalized spacial score (nSPS) is 17.9. The maximum absolute atomic E-state index is 11.2. The van der Waals surface area contributed by atoms with Crippen molar-refractivity contribution in [2.24, 2.45) is 0 Å². The second kappa shape index (κ2) is 4.42. The van der Waals surface area contributed by atoms with E-state index in [0.717, 1.165) is 13.0 Å². The fraction of sp³-hybridized carbons (Fsp3) is 0.875. The van der Waals surface area contributed by atoms with E-state index < -0.39 is 0 Å². The highest BCUT2D eigenvalue weighted by atomic mass is 16.7. The first-order chi connectivity index (χ1) is 5.77. The highest BCUT2D eigenvalue weighted by Gasteiger charge is 2.22. The molecule has 70 valence electrons. The van der Waals surface area contributed by atoms with Crippen LogP contribution in [0.4, 0.5) is 0 Å². The number of hydrogen-bond acceptors (Lipinski definition) is 3. The Balaban J connectivity index is 2.33. The van der Waals surface area contributed by atoms with Crippen LogP contribution in [0.2, 0.25) is 0 Å². The average Bonchev–Trinajstić information content (AvgIpc) is 2.47. The smallest absolute Gasteiger partial charge is 0.222 e. The quantitative estimate of drug-likeness (QED) is 0.571. The molecule has 0 radical (unpaired) electrons. The summed E-state index contributed by atoms with van der Waals surface area (Å²) >= 11 is 0. The Morgan fingerprint density at radius 2 is 2.17 bits per heavy atom. The Hall–Kier alpha value is -0.610. The molecule has 0 saturated carbocycles. The fourth-order valence-corrected chi connectivity index (χ4v) is 1.32. The summed E-state index contributed by atoms with van der Waals surface area (Å²) < 4.78 is 9.99. The maximum Gasteiger partial charge on any atom is 0.222 e. The molecule has 0 aromatic rings. The summed E-state index contributed by atoms with van der Waals surface area (Å²) in [6.45, 7) is 1.38. The second-order valence-corrected chi connectivity index (χ2v) is 2.84. The molecule has 0 aromatic heterocycles. The predicted octanol–water partition coefficient (Wildman–Crippen LogP) is 0.228. The van der Waals surface area contributed by atoms with Crippen LogP contribution in [-0.4, -0.2) is 44.4 Å². The van der Waals surface area contributed by atoms with Gasteiger partial charge in [-0.3, -0.25) is 4.79 Å². The summed E-state index contributed by atoms with van der Waals surface area (Å²) in [5.74, 6) is 0.203. The zero-order valence-corrected chi connectivity index (χ0v) is 7.58. The minimum atomic E-state index is -0.285. The van der Waals surface area contributed by atoms with Crippen LogP contribution in [0.5, 0.6) is 0 Å². The molecule has 4 heteroatoms. The molecule has 0 aromatic carbocycles. The number of amides is 1. The van der Waals surface area contributed by atoms with E-state index >= 15 is 0 Å². The van der Waals surface area contributed by atoms with Crippen molar-refractivity contribution < 1.29 is 14.3 Å². The Morgan fingerprint density at radius 1 is 1.50 bits per heavy atom. The third kappa shape index (κ3) is 2.19. The van der Waals surface area contributed by atoms with Gasteiger partial charge in [-0.25, -0.2) is 0 Å². The van der Waals surface area contributed by atoms with Gasteiger partial charge in [0.15, 0.2) is 6.29 Å². The van der Waals surface area contributed by atoms with Gasteiger partial charge in [0, 0.05) is 27.2 Å². The summed E-state index contributed by atoms with van der Waals surface area (Å²) in [4.78, 5) is 12.9. The number of hydrogen-bond donors (Lipinski definition) is 0. The molecule has 0 atom stereocenters. The molecule has 12 heavy (non-hydrogen) atoms. The van der Waals surface area contributed by atoms with Crippen LogP contribution in [0.15, 0.2) is 0 Å². The Kier molecular flexibility index (Phi) is 3.49. The van der Waals surface area contributed by atoms with Crippen molar-refractivity contribution in [2.45, 2.75) is 19.1 Å². The van der Waals surface area contributed by atoms with Crippen molar-refractivity contribution in [1.82, 2.24) is 4.90 Å². The van der Waals surface area contributed by atoms with Gasteiger partial charge in [-0.05, 0) is 6.42 Å². The van der Waals surface area contributed by atoms with Gasteiger partial charge in [0.1, 0.15) is 0 Å². The van der Waals surface area contributed by atoms with E-state index in [1.165, 1.54) is 0 Å². The van der Waals surface area contributed by atoms with Crippen molar-refractivity contribution >= 4 is 5.91 Å². The van der Waals surface area contributed by atoms with Crippen LogP contribution in [-0.2, 0) is 14.3 Å². The number of likely N-dealkylation sites (tertiary alicyclic amines) is 1. The summed E-state index contributed by atoms with van der Waals surface area (Å²) in [5.41, 5.74) is 0. The molecule has 0 spiro atoms. The number of methoxy groups -OCH3 is 2. The summed E-state index contributed by atoms with van der Waals surface area (Å²) in [5, 5.41) is 0. The first-order valence-corrected chi connectivity index (χ1v) is 4.11. The van der Waals surface area contributed by atoms with E-state index in [9.17, 15) is 4.79 Å². The average molecular weight is 173 g/mol. The largest absolute Gasteiger partial charge is 0.354 e. The Morgan fingerprint density at radius 3 is 2.58 bits per heavy atom. The molecule has 1 aliphatic heterocycles. The van der Waals surface area contributed by atoms with Crippen LogP contribution in [0, 0.1) is 0 Å². The van der Waals surface area contributed by atoms with Crippen molar-refractivity contribution in [3.63, 3.8) is 0 Å². The van der Waals surface area contributed by atoms with Gasteiger partial charge in [-0.15, -0.1) is 0 Å². The van der Waals surface area contributed by atoms with E-state index in [1.807, 2.05) is 0 Å². The van der Waals surface area contributed by atoms with Gasteiger partial charge in [-0.1, -0.05) is 0 Å². The number of carbonyl (C=O) groups is 1. The van der Waals surface area contributed by atoms with E-state index in [-0.39, 0.29) is 12.2 Å². The number of ether oxygens (including phenoxy) is 2. The molecule has 0 unspecified atom stereocenters. The van der Waals surface area contributed by atoms with Crippen LogP contribution >= 0.6 is 0 Å². The lowest BCUT2D eigenvalue weighted by atomic mass is 10.4. The van der Waals surface area contributed by atoms with Gasteiger partial charge >= 0.3 is 0 Å². The first-order valence-electron chi connectivity index (χ1n) is 4.11. The Bertz CT molecular complexity index is 156. The molecule has 0 aliphatic carbocycles.